The number of primary amides is 1. The van der Waals surface area contributed by atoms with E-state index in [2.05, 4.69) is 10.6 Å². The summed E-state index contributed by atoms with van der Waals surface area (Å²) >= 11 is 0. The molecule has 3 atom stereocenters. The van der Waals surface area contributed by atoms with Gasteiger partial charge in [-0.3, -0.25) is 4.79 Å². The number of nitrogens with two attached hydrogens (primary N) is 2. The van der Waals surface area contributed by atoms with Gasteiger partial charge in [0, 0.05) is 29.3 Å². The van der Waals surface area contributed by atoms with Crippen molar-refractivity contribution in [2.45, 2.75) is 38.3 Å². The van der Waals surface area contributed by atoms with E-state index in [1.54, 1.807) is 24.3 Å². The van der Waals surface area contributed by atoms with Crippen molar-refractivity contribution in [2.24, 2.45) is 22.8 Å². The monoisotopic (exact) mass is 332 g/mol. The standard InChI is InChI=1S/C17H24N4O3/c1-16(2)13-12(7-4-8-24-13)17(16,19)14(22)20-10-5-3-6-11(9-10)21-15(18)23/h3,5-6,9,12-13H,4,7-8,19H2,1-2H3,(H,20,22)(H3,18,21,23). The molecule has 0 spiro atoms. The molecule has 24 heavy (non-hydrogen) atoms. The molecule has 2 fully saturated rings. The third-order valence-corrected chi connectivity index (χ3v) is 5.45. The zero-order chi connectivity index (χ0) is 17.5. The van der Waals surface area contributed by atoms with Crippen molar-refractivity contribution in [2.75, 3.05) is 17.2 Å². The zero-order valence-corrected chi connectivity index (χ0v) is 14.0. The second-order valence-corrected chi connectivity index (χ2v) is 7.15. The van der Waals surface area contributed by atoms with E-state index in [9.17, 15) is 9.59 Å². The highest BCUT2D eigenvalue weighted by Crippen LogP contribution is 2.57. The van der Waals surface area contributed by atoms with Crippen LogP contribution in [0.5, 0.6) is 0 Å². The quantitative estimate of drug-likeness (QED) is 0.672. The first-order chi connectivity index (χ1) is 11.3. The van der Waals surface area contributed by atoms with Crippen molar-refractivity contribution in [3.8, 4) is 0 Å². The van der Waals surface area contributed by atoms with Crippen LogP contribution in [0.1, 0.15) is 26.7 Å². The molecular weight excluding hydrogens is 308 g/mol. The molecule has 7 nitrogen and oxygen atoms in total. The Hall–Kier alpha value is -2.12. The fourth-order valence-corrected chi connectivity index (χ4v) is 4.09. The highest BCUT2D eigenvalue weighted by atomic mass is 16.5. The lowest BCUT2D eigenvalue weighted by molar-refractivity contribution is -0.222. The van der Waals surface area contributed by atoms with Gasteiger partial charge in [-0.15, -0.1) is 0 Å². The van der Waals surface area contributed by atoms with E-state index in [1.165, 1.54) is 0 Å². The van der Waals surface area contributed by atoms with Gasteiger partial charge in [-0.1, -0.05) is 19.9 Å². The van der Waals surface area contributed by atoms with Gasteiger partial charge < -0.3 is 26.8 Å². The summed E-state index contributed by atoms with van der Waals surface area (Å²) in [5, 5.41) is 5.36. The third-order valence-electron chi connectivity index (χ3n) is 5.45. The zero-order valence-electron chi connectivity index (χ0n) is 14.0. The van der Waals surface area contributed by atoms with Crippen LogP contribution in [0.15, 0.2) is 24.3 Å². The Morgan fingerprint density at radius 2 is 1.92 bits per heavy atom. The number of hydrogen-bond donors (Lipinski definition) is 4. The van der Waals surface area contributed by atoms with E-state index in [4.69, 9.17) is 16.2 Å². The number of urea groups is 1. The number of rotatable bonds is 3. The summed E-state index contributed by atoms with van der Waals surface area (Å²) in [6.45, 7) is 4.68. The normalized spacial score (nSPS) is 30.6. The molecule has 1 aromatic carbocycles. The average molecular weight is 332 g/mol. The Bertz CT molecular complexity index is 676. The van der Waals surface area contributed by atoms with Crippen molar-refractivity contribution in [3.63, 3.8) is 0 Å². The van der Waals surface area contributed by atoms with E-state index in [0.29, 0.717) is 11.4 Å². The Morgan fingerprint density at radius 3 is 2.58 bits per heavy atom. The fourth-order valence-electron chi connectivity index (χ4n) is 4.09. The van der Waals surface area contributed by atoms with Gasteiger partial charge in [0.05, 0.1) is 6.10 Å². The number of carbonyl (C=O) groups excluding carboxylic acids is 2. The molecule has 3 amide bonds. The van der Waals surface area contributed by atoms with Crippen LogP contribution in [-0.4, -0.2) is 30.2 Å². The van der Waals surface area contributed by atoms with E-state index in [-0.39, 0.29) is 17.9 Å². The van der Waals surface area contributed by atoms with E-state index < -0.39 is 17.0 Å². The fraction of sp³-hybridized carbons (Fsp3) is 0.529. The van der Waals surface area contributed by atoms with Crippen LogP contribution in [0.3, 0.4) is 0 Å². The molecule has 130 valence electrons. The topological polar surface area (TPSA) is 119 Å². The largest absolute Gasteiger partial charge is 0.377 e. The maximum Gasteiger partial charge on any atom is 0.316 e. The summed E-state index contributed by atoms with van der Waals surface area (Å²) in [7, 11) is 0. The molecule has 3 unspecified atom stereocenters. The average Bonchev–Trinajstić information content (AvgIpc) is 2.53. The highest BCUT2D eigenvalue weighted by molar-refractivity contribution is 6.01. The number of ether oxygens (including phenoxy) is 1. The molecule has 0 aromatic heterocycles. The number of hydrogen-bond acceptors (Lipinski definition) is 4. The Balaban J connectivity index is 1.78. The third kappa shape index (κ3) is 2.44. The van der Waals surface area contributed by atoms with Crippen LogP contribution in [0.2, 0.25) is 0 Å². The SMILES string of the molecule is CC1(C)C2OCCCC2C1(N)C(=O)Nc1cccc(NC(N)=O)c1. The summed E-state index contributed by atoms with van der Waals surface area (Å²) in [5.74, 6) is -0.205. The number of anilines is 2. The number of fused-ring (bicyclic) bond motifs is 1. The van der Waals surface area contributed by atoms with Crippen LogP contribution < -0.4 is 22.1 Å². The Morgan fingerprint density at radius 1 is 1.25 bits per heavy atom. The van der Waals surface area contributed by atoms with E-state index >= 15 is 0 Å². The lowest BCUT2D eigenvalue weighted by atomic mass is 9.46. The first-order valence-corrected chi connectivity index (χ1v) is 8.15. The number of amides is 3. The molecule has 0 bridgehead atoms. The molecule has 1 saturated heterocycles. The van der Waals surface area contributed by atoms with Crippen LogP contribution in [-0.2, 0) is 9.53 Å². The van der Waals surface area contributed by atoms with Gasteiger partial charge in [0.2, 0.25) is 5.91 Å². The van der Waals surface area contributed by atoms with Crippen molar-refractivity contribution in [3.05, 3.63) is 24.3 Å². The van der Waals surface area contributed by atoms with Crippen LogP contribution >= 0.6 is 0 Å². The van der Waals surface area contributed by atoms with E-state index in [0.717, 1.165) is 19.4 Å². The minimum Gasteiger partial charge on any atom is -0.377 e. The van der Waals surface area contributed by atoms with Crippen molar-refractivity contribution in [1.82, 2.24) is 0 Å². The van der Waals surface area contributed by atoms with Gasteiger partial charge in [0.25, 0.3) is 0 Å². The summed E-state index contributed by atoms with van der Waals surface area (Å²) in [4.78, 5) is 23.9. The second kappa shape index (κ2) is 5.75. The summed E-state index contributed by atoms with van der Waals surface area (Å²) in [6, 6.07) is 6.15. The molecule has 7 heteroatoms. The van der Waals surface area contributed by atoms with Crippen molar-refractivity contribution < 1.29 is 14.3 Å². The Kier molecular flexibility index (Phi) is 4.01. The predicted octanol–water partition coefficient (Wildman–Crippen LogP) is 1.65. The van der Waals surface area contributed by atoms with E-state index in [1.807, 2.05) is 13.8 Å². The maximum atomic E-state index is 12.9. The summed E-state index contributed by atoms with van der Waals surface area (Å²) < 4.78 is 5.83. The lowest BCUT2D eigenvalue weighted by Crippen LogP contribution is -2.81. The molecule has 2 aliphatic rings. The number of benzene rings is 1. The summed E-state index contributed by atoms with van der Waals surface area (Å²) in [6.07, 6.45) is 1.83. The molecule has 0 radical (unpaired) electrons. The van der Waals surface area contributed by atoms with Crippen molar-refractivity contribution in [1.29, 1.82) is 0 Å². The molecule has 1 heterocycles. The molecule has 1 saturated carbocycles. The predicted molar refractivity (Wildman–Crippen MR) is 91.4 cm³/mol. The van der Waals surface area contributed by atoms with Gasteiger partial charge in [-0.05, 0) is 31.0 Å². The van der Waals surface area contributed by atoms with Crippen LogP contribution in [0, 0.1) is 11.3 Å². The lowest BCUT2D eigenvalue weighted by Gasteiger charge is -2.65. The highest BCUT2D eigenvalue weighted by Gasteiger charge is 2.70. The van der Waals surface area contributed by atoms with Crippen LogP contribution in [0.4, 0.5) is 16.2 Å². The number of carbonyl (C=O) groups is 2. The van der Waals surface area contributed by atoms with Gasteiger partial charge in [0.15, 0.2) is 0 Å². The van der Waals surface area contributed by atoms with Crippen molar-refractivity contribution >= 4 is 23.3 Å². The smallest absolute Gasteiger partial charge is 0.316 e. The molecule has 1 aliphatic heterocycles. The molecule has 1 aliphatic carbocycles. The minimum atomic E-state index is -0.981. The minimum absolute atomic E-state index is 0.0184. The first kappa shape index (κ1) is 16.7. The second-order valence-electron chi connectivity index (χ2n) is 7.15. The van der Waals surface area contributed by atoms with Crippen LogP contribution in [0.25, 0.3) is 0 Å². The Labute approximate surface area is 141 Å². The van der Waals surface area contributed by atoms with Gasteiger partial charge in [-0.2, -0.15) is 0 Å². The molecule has 3 rings (SSSR count). The molecule has 6 N–H and O–H groups in total. The summed E-state index contributed by atoms with van der Waals surface area (Å²) in [5.41, 5.74) is 11.3. The number of nitrogens with one attached hydrogen (secondary N) is 2. The van der Waals surface area contributed by atoms with Gasteiger partial charge in [0.1, 0.15) is 5.54 Å². The maximum absolute atomic E-state index is 12.9. The molecule has 1 aromatic rings. The molecular formula is C17H24N4O3. The van der Waals surface area contributed by atoms with Gasteiger partial charge in [-0.25, -0.2) is 4.79 Å². The first-order valence-electron chi connectivity index (χ1n) is 8.15. The van der Waals surface area contributed by atoms with Gasteiger partial charge >= 0.3 is 6.03 Å².